The third-order valence-corrected chi connectivity index (χ3v) is 2.93. The summed E-state index contributed by atoms with van der Waals surface area (Å²) in [7, 11) is 0. The molecule has 0 amide bonds. The van der Waals surface area contributed by atoms with Crippen molar-refractivity contribution >= 4 is 23.1 Å². The summed E-state index contributed by atoms with van der Waals surface area (Å²) in [6.45, 7) is 2.03. The van der Waals surface area contributed by atoms with E-state index in [0.717, 1.165) is 23.4 Å². The van der Waals surface area contributed by atoms with Crippen LogP contribution in [0.5, 0.6) is 0 Å². The highest BCUT2D eigenvalue weighted by Gasteiger charge is 2.12. The lowest BCUT2D eigenvalue weighted by atomic mass is 10.1. The summed E-state index contributed by atoms with van der Waals surface area (Å²) in [4.78, 5) is 0. The van der Waals surface area contributed by atoms with E-state index in [9.17, 15) is 0 Å². The smallest absolute Gasteiger partial charge is 0.177 e. The van der Waals surface area contributed by atoms with Gasteiger partial charge in [-0.05, 0) is 44.0 Å². The van der Waals surface area contributed by atoms with Crippen LogP contribution >= 0.6 is 11.6 Å². The van der Waals surface area contributed by atoms with Gasteiger partial charge in [-0.3, -0.25) is 0 Å². The lowest BCUT2D eigenvalue weighted by Crippen LogP contribution is -1.97. The summed E-state index contributed by atoms with van der Waals surface area (Å²) in [6.07, 6.45) is 1.43. The summed E-state index contributed by atoms with van der Waals surface area (Å²) in [6, 6.07) is 7.37. The standard InChI is InChI=1S/C13H15ClN2O2/c1-9-12(3-2-8-17)13(16-18-9)15-11-6-4-10(14)5-7-11/h4-7,17H,2-3,8H2,1H3,(H,15,16). The molecule has 0 aliphatic rings. The predicted octanol–water partition coefficient (Wildman–Crippen LogP) is 3.30. The number of aryl methyl sites for hydroxylation is 1. The Balaban J connectivity index is 2.15. The van der Waals surface area contributed by atoms with Crippen molar-refractivity contribution in [1.29, 1.82) is 0 Å². The van der Waals surface area contributed by atoms with Crippen LogP contribution in [0.15, 0.2) is 28.8 Å². The van der Waals surface area contributed by atoms with Crippen molar-refractivity contribution < 1.29 is 9.63 Å². The van der Waals surface area contributed by atoms with Crippen LogP contribution < -0.4 is 5.32 Å². The van der Waals surface area contributed by atoms with E-state index in [0.29, 0.717) is 17.3 Å². The first kappa shape index (κ1) is 12.9. The Labute approximate surface area is 111 Å². The maximum Gasteiger partial charge on any atom is 0.177 e. The van der Waals surface area contributed by atoms with E-state index in [4.69, 9.17) is 21.2 Å². The van der Waals surface area contributed by atoms with Crippen LogP contribution in [0.2, 0.25) is 5.02 Å². The monoisotopic (exact) mass is 266 g/mol. The summed E-state index contributed by atoms with van der Waals surface area (Å²) in [5.41, 5.74) is 1.90. The Hall–Kier alpha value is -1.52. The number of benzene rings is 1. The Bertz CT molecular complexity index is 508. The minimum Gasteiger partial charge on any atom is -0.396 e. The third kappa shape index (κ3) is 3.03. The zero-order valence-electron chi connectivity index (χ0n) is 10.1. The van der Waals surface area contributed by atoms with E-state index in [1.807, 2.05) is 31.2 Å². The highest BCUT2D eigenvalue weighted by molar-refractivity contribution is 6.30. The van der Waals surface area contributed by atoms with Gasteiger partial charge in [-0.1, -0.05) is 16.8 Å². The number of hydrogen-bond acceptors (Lipinski definition) is 4. The number of nitrogens with one attached hydrogen (secondary N) is 1. The Morgan fingerprint density at radius 1 is 1.33 bits per heavy atom. The van der Waals surface area contributed by atoms with Gasteiger partial charge in [0.15, 0.2) is 5.82 Å². The molecule has 0 spiro atoms. The van der Waals surface area contributed by atoms with Crippen LogP contribution in [0.25, 0.3) is 0 Å². The van der Waals surface area contributed by atoms with Crippen molar-refractivity contribution in [2.24, 2.45) is 0 Å². The molecule has 0 unspecified atom stereocenters. The Morgan fingerprint density at radius 2 is 2.06 bits per heavy atom. The normalized spacial score (nSPS) is 10.6. The van der Waals surface area contributed by atoms with Crippen molar-refractivity contribution in [3.8, 4) is 0 Å². The number of aromatic nitrogens is 1. The van der Waals surface area contributed by atoms with Crippen molar-refractivity contribution in [1.82, 2.24) is 5.16 Å². The van der Waals surface area contributed by atoms with Gasteiger partial charge in [0.05, 0.1) is 0 Å². The van der Waals surface area contributed by atoms with Gasteiger partial charge in [-0.2, -0.15) is 0 Å². The molecule has 5 heteroatoms. The molecule has 1 heterocycles. The first-order chi connectivity index (χ1) is 8.70. The van der Waals surface area contributed by atoms with Gasteiger partial charge in [0, 0.05) is 22.9 Å². The SMILES string of the molecule is Cc1onc(Nc2ccc(Cl)cc2)c1CCCO. The minimum atomic E-state index is 0.158. The fourth-order valence-electron chi connectivity index (χ4n) is 1.71. The zero-order chi connectivity index (χ0) is 13.0. The lowest BCUT2D eigenvalue weighted by molar-refractivity contribution is 0.288. The maximum absolute atomic E-state index is 8.88. The van der Waals surface area contributed by atoms with Crippen molar-refractivity contribution in [2.45, 2.75) is 19.8 Å². The number of aliphatic hydroxyl groups excluding tert-OH is 1. The van der Waals surface area contributed by atoms with E-state index >= 15 is 0 Å². The molecule has 2 aromatic rings. The van der Waals surface area contributed by atoms with E-state index in [-0.39, 0.29) is 6.61 Å². The van der Waals surface area contributed by atoms with Gasteiger partial charge in [0.2, 0.25) is 0 Å². The summed E-state index contributed by atoms with van der Waals surface area (Å²) in [5, 5.41) is 16.7. The van der Waals surface area contributed by atoms with Crippen molar-refractivity contribution in [3.63, 3.8) is 0 Å². The number of anilines is 2. The van der Waals surface area contributed by atoms with Gasteiger partial charge < -0.3 is 14.9 Å². The second kappa shape index (κ2) is 5.89. The van der Waals surface area contributed by atoms with Gasteiger partial charge >= 0.3 is 0 Å². The van der Waals surface area contributed by atoms with Crippen LogP contribution in [0.1, 0.15) is 17.7 Å². The molecule has 1 aromatic heterocycles. The second-order valence-corrected chi connectivity index (χ2v) is 4.46. The van der Waals surface area contributed by atoms with Crippen LogP contribution in [0.3, 0.4) is 0 Å². The average Bonchev–Trinajstić information content (AvgIpc) is 2.71. The van der Waals surface area contributed by atoms with E-state index < -0.39 is 0 Å². The molecule has 0 atom stereocenters. The van der Waals surface area contributed by atoms with E-state index in [1.165, 1.54) is 0 Å². The minimum absolute atomic E-state index is 0.158. The van der Waals surface area contributed by atoms with Crippen molar-refractivity contribution in [2.75, 3.05) is 11.9 Å². The van der Waals surface area contributed by atoms with E-state index in [2.05, 4.69) is 10.5 Å². The highest BCUT2D eigenvalue weighted by Crippen LogP contribution is 2.24. The predicted molar refractivity (Wildman–Crippen MR) is 71.4 cm³/mol. The van der Waals surface area contributed by atoms with Crippen LogP contribution in [-0.4, -0.2) is 16.9 Å². The van der Waals surface area contributed by atoms with Gasteiger partial charge in [0.25, 0.3) is 0 Å². The molecule has 2 N–H and O–H groups in total. The summed E-state index contributed by atoms with van der Waals surface area (Å²) in [5.74, 6) is 1.48. The molecule has 0 aliphatic carbocycles. The molecule has 4 nitrogen and oxygen atoms in total. The van der Waals surface area contributed by atoms with E-state index in [1.54, 1.807) is 0 Å². The van der Waals surface area contributed by atoms with Gasteiger partial charge in [-0.15, -0.1) is 0 Å². The second-order valence-electron chi connectivity index (χ2n) is 4.02. The molecule has 0 bridgehead atoms. The van der Waals surface area contributed by atoms with Gasteiger partial charge in [-0.25, -0.2) is 0 Å². The largest absolute Gasteiger partial charge is 0.396 e. The number of halogens is 1. The molecule has 18 heavy (non-hydrogen) atoms. The van der Waals surface area contributed by atoms with Crippen LogP contribution in [0.4, 0.5) is 11.5 Å². The summed E-state index contributed by atoms with van der Waals surface area (Å²) >= 11 is 5.83. The molecule has 96 valence electrons. The quantitative estimate of drug-likeness (QED) is 0.872. The average molecular weight is 267 g/mol. The molecular formula is C13H15ClN2O2. The topological polar surface area (TPSA) is 58.3 Å². The van der Waals surface area contributed by atoms with Crippen LogP contribution in [0, 0.1) is 6.92 Å². The maximum atomic E-state index is 8.88. The molecule has 0 saturated carbocycles. The highest BCUT2D eigenvalue weighted by atomic mass is 35.5. The van der Waals surface area contributed by atoms with Crippen LogP contribution in [-0.2, 0) is 6.42 Å². The molecule has 0 aliphatic heterocycles. The molecular weight excluding hydrogens is 252 g/mol. The Kier molecular flexibility index (Phi) is 4.23. The first-order valence-corrected chi connectivity index (χ1v) is 6.17. The number of hydrogen-bond donors (Lipinski definition) is 2. The molecule has 2 rings (SSSR count). The third-order valence-electron chi connectivity index (χ3n) is 2.68. The number of aliphatic hydroxyl groups is 1. The number of nitrogens with zero attached hydrogens (tertiary/aromatic N) is 1. The zero-order valence-corrected chi connectivity index (χ0v) is 10.9. The lowest BCUT2D eigenvalue weighted by Gasteiger charge is -2.05. The molecule has 0 fully saturated rings. The van der Waals surface area contributed by atoms with Crippen molar-refractivity contribution in [3.05, 3.63) is 40.6 Å². The first-order valence-electron chi connectivity index (χ1n) is 5.79. The molecule has 0 radical (unpaired) electrons. The fourth-order valence-corrected chi connectivity index (χ4v) is 1.84. The Morgan fingerprint density at radius 3 is 2.72 bits per heavy atom. The summed E-state index contributed by atoms with van der Waals surface area (Å²) < 4.78 is 5.17. The fraction of sp³-hybridized carbons (Fsp3) is 0.308. The number of rotatable bonds is 5. The molecule has 1 aromatic carbocycles. The van der Waals surface area contributed by atoms with Gasteiger partial charge in [0.1, 0.15) is 5.76 Å². The molecule has 0 saturated heterocycles.